The van der Waals surface area contributed by atoms with Gasteiger partial charge < -0.3 is 15.9 Å². The number of aliphatic hydroxyl groups excluding tert-OH is 1. The summed E-state index contributed by atoms with van der Waals surface area (Å²) in [7, 11) is 0. The fourth-order valence-corrected chi connectivity index (χ4v) is 0.454. The molecule has 0 aliphatic carbocycles. The molecule has 0 saturated heterocycles. The maximum atomic E-state index is 10.6. The van der Waals surface area contributed by atoms with Gasteiger partial charge in [-0.1, -0.05) is 13.8 Å². The molecule has 0 amide bonds. The van der Waals surface area contributed by atoms with Gasteiger partial charge in [-0.2, -0.15) is 0 Å². The van der Waals surface area contributed by atoms with Gasteiger partial charge in [0.25, 0.3) is 0 Å². The molecule has 1 atom stereocenters. The molecular weight excluding hydrogens is 146 g/mol. The first-order chi connectivity index (χ1) is 4.75. The highest BCUT2D eigenvalue weighted by molar-refractivity contribution is 5.79. The summed E-state index contributed by atoms with van der Waals surface area (Å²) < 4.78 is 0. The first-order valence-corrected chi connectivity index (χ1v) is 3.39. The lowest BCUT2D eigenvalue weighted by molar-refractivity contribution is -0.148. The fourth-order valence-electron chi connectivity index (χ4n) is 0.454. The minimum Gasteiger partial charge on any atom is -0.480 e. The number of nitrogens with two attached hydrogens (primary N) is 1. The second-order valence-corrected chi connectivity index (χ2v) is 3.55. The number of hydrogen-bond donors (Lipinski definition) is 3. The minimum atomic E-state index is -1.39. The van der Waals surface area contributed by atoms with Crippen molar-refractivity contribution in [1.82, 2.24) is 0 Å². The third-order valence-electron chi connectivity index (χ3n) is 2.25. The number of carboxylic acid groups (broad SMARTS) is 1. The van der Waals surface area contributed by atoms with Crippen LogP contribution in [0.25, 0.3) is 0 Å². The lowest BCUT2D eigenvalue weighted by atomic mass is 9.75. The molecule has 0 spiro atoms. The summed E-state index contributed by atoms with van der Waals surface area (Å²) in [5, 5.41) is 17.5. The Morgan fingerprint density at radius 3 is 1.91 bits per heavy atom. The standard InChI is InChI=1S/C7H15NO3/c1-6(2,4-9)7(3,8)5(10)11/h9H,4,8H2,1-3H3,(H,10,11). The second kappa shape index (κ2) is 2.79. The van der Waals surface area contributed by atoms with Gasteiger partial charge in [0.15, 0.2) is 0 Å². The predicted octanol–water partition coefficient (Wildman–Crippen LogP) is -0.193. The van der Waals surface area contributed by atoms with E-state index in [0.29, 0.717) is 0 Å². The zero-order valence-electron chi connectivity index (χ0n) is 7.09. The Morgan fingerprint density at radius 1 is 1.45 bits per heavy atom. The Balaban J connectivity index is 4.67. The molecule has 0 heterocycles. The third-order valence-corrected chi connectivity index (χ3v) is 2.25. The molecule has 0 aromatic heterocycles. The van der Waals surface area contributed by atoms with Crippen molar-refractivity contribution in [2.24, 2.45) is 11.1 Å². The predicted molar refractivity (Wildman–Crippen MR) is 41.1 cm³/mol. The largest absolute Gasteiger partial charge is 0.480 e. The Hall–Kier alpha value is -0.610. The van der Waals surface area contributed by atoms with Gasteiger partial charge in [0.1, 0.15) is 5.54 Å². The van der Waals surface area contributed by atoms with Crippen LogP contribution in [0, 0.1) is 5.41 Å². The van der Waals surface area contributed by atoms with Crippen molar-refractivity contribution in [3.8, 4) is 0 Å². The molecule has 4 N–H and O–H groups in total. The average molecular weight is 161 g/mol. The van der Waals surface area contributed by atoms with Gasteiger partial charge in [-0.05, 0) is 6.92 Å². The first-order valence-electron chi connectivity index (χ1n) is 3.39. The minimum absolute atomic E-state index is 0.244. The summed E-state index contributed by atoms with van der Waals surface area (Å²) in [4.78, 5) is 10.6. The van der Waals surface area contributed by atoms with Crippen LogP contribution in [0.1, 0.15) is 20.8 Å². The lowest BCUT2D eigenvalue weighted by Crippen LogP contribution is -2.57. The highest BCUT2D eigenvalue weighted by atomic mass is 16.4. The summed E-state index contributed by atoms with van der Waals surface area (Å²) in [6, 6.07) is 0. The van der Waals surface area contributed by atoms with Crippen molar-refractivity contribution >= 4 is 5.97 Å². The van der Waals surface area contributed by atoms with Gasteiger partial charge in [0, 0.05) is 5.41 Å². The quantitative estimate of drug-likeness (QED) is 0.535. The van der Waals surface area contributed by atoms with Crippen molar-refractivity contribution in [2.45, 2.75) is 26.3 Å². The smallest absolute Gasteiger partial charge is 0.324 e. The Kier molecular flexibility index (Phi) is 2.64. The Labute approximate surface area is 66.0 Å². The molecular formula is C7H15NO3. The Bertz CT molecular complexity index is 163. The summed E-state index contributed by atoms with van der Waals surface area (Å²) in [5.74, 6) is -1.10. The van der Waals surface area contributed by atoms with E-state index >= 15 is 0 Å². The van der Waals surface area contributed by atoms with Crippen LogP contribution in [-0.4, -0.2) is 28.3 Å². The lowest BCUT2D eigenvalue weighted by Gasteiger charge is -2.35. The van der Waals surface area contributed by atoms with E-state index in [0.717, 1.165) is 0 Å². The van der Waals surface area contributed by atoms with Crippen molar-refractivity contribution in [1.29, 1.82) is 0 Å². The van der Waals surface area contributed by atoms with Crippen LogP contribution < -0.4 is 5.73 Å². The normalized spacial score (nSPS) is 17.5. The average Bonchev–Trinajstić information content (AvgIpc) is 1.87. The maximum Gasteiger partial charge on any atom is 0.324 e. The van der Waals surface area contributed by atoms with Gasteiger partial charge in [-0.3, -0.25) is 4.79 Å². The van der Waals surface area contributed by atoms with Crippen LogP contribution in [0.3, 0.4) is 0 Å². The molecule has 0 rings (SSSR count). The monoisotopic (exact) mass is 161 g/mol. The van der Waals surface area contributed by atoms with Crippen LogP contribution in [0.5, 0.6) is 0 Å². The molecule has 1 unspecified atom stereocenters. The zero-order valence-corrected chi connectivity index (χ0v) is 7.09. The highest BCUT2D eigenvalue weighted by Gasteiger charge is 2.43. The van der Waals surface area contributed by atoms with E-state index in [-0.39, 0.29) is 6.61 Å². The van der Waals surface area contributed by atoms with E-state index in [4.69, 9.17) is 15.9 Å². The molecule has 0 saturated carbocycles. The van der Waals surface area contributed by atoms with Crippen LogP contribution in [0.2, 0.25) is 0 Å². The van der Waals surface area contributed by atoms with E-state index in [1.165, 1.54) is 6.92 Å². The molecule has 0 aromatic rings. The molecule has 0 radical (unpaired) electrons. The van der Waals surface area contributed by atoms with Crippen LogP contribution >= 0.6 is 0 Å². The second-order valence-electron chi connectivity index (χ2n) is 3.55. The summed E-state index contributed by atoms with van der Waals surface area (Å²) in [5.41, 5.74) is 3.29. The summed E-state index contributed by atoms with van der Waals surface area (Å²) in [6.07, 6.45) is 0. The van der Waals surface area contributed by atoms with Gasteiger partial charge in [-0.25, -0.2) is 0 Å². The molecule has 0 bridgehead atoms. The molecule has 0 aliphatic rings. The Morgan fingerprint density at radius 2 is 1.82 bits per heavy atom. The van der Waals surface area contributed by atoms with Crippen molar-refractivity contribution in [3.63, 3.8) is 0 Å². The highest BCUT2D eigenvalue weighted by Crippen LogP contribution is 2.27. The van der Waals surface area contributed by atoms with Crippen LogP contribution in [0.4, 0.5) is 0 Å². The van der Waals surface area contributed by atoms with E-state index < -0.39 is 16.9 Å². The fraction of sp³-hybridized carbons (Fsp3) is 0.857. The van der Waals surface area contributed by atoms with Gasteiger partial charge in [-0.15, -0.1) is 0 Å². The SMILES string of the molecule is CC(C)(CO)C(C)(N)C(=O)O. The summed E-state index contributed by atoms with van der Waals surface area (Å²) in [6.45, 7) is 4.38. The molecule has 66 valence electrons. The van der Waals surface area contributed by atoms with E-state index in [9.17, 15) is 4.79 Å². The van der Waals surface area contributed by atoms with Crippen molar-refractivity contribution in [3.05, 3.63) is 0 Å². The third kappa shape index (κ3) is 1.70. The summed E-state index contributed by atoms with van der Waals surface area (Å²) >= 11 is 0. The number of carboxylic acids is 1. The van der Waals surface area contributed by atoms with Crippen molar-refractivity contribution in [2.75, 3.05) is 6.61 Å². The van der Waals surface area contributed by atoms with Crippen LogP contribution in [0.15, 0.2) is 0 Å². The number of aliphatic hydroxyl groups is 1. The number of carbonyl (C=O) groups is 1. The van der Waals surface area contributed by atoms with Crippen molar-refractivity contribution < 1.29 is 15.0 Å². The molecule has 0 aliphatic heterocycles. The first kappa shape index (κ1) is 10.4. The topological polar surface area (TPSA) is 83.5 Å². The van der Waals surface area contributed by atoms with Crippen LogP contribution in [-0.2, 0) is 4.79 Å². The molecule has 11 heavy (non-hydrogen) atoms. The zero-order chi connectivity index (χ0) is 9.28. The molecule has 0 fully saturated rings. The van der Waals surface area contributed by atoms with E-state index in [1.54, 1.807) is 13.8 Å². The van der Waals surface area contributed by atoms with E-state index in [2.05, 4.69) is 0 Å². The maximum absolute atomic E-state index is 10.6. The number of rotatable bonds is 3. The van der Waals surface area contributed by atoms with E-state index in [1.807, 2.05) is 0 Å². The molecule has 0 aromatic carbocycles. The molecule has 4 nitrogen and oxygen atoms in total. The van der Waals surface area contributed by atoms with Gasteiger partial charge in [0.05, 0.1) is 6.61 Å². The van der Waals surface area contributed by atoms with Gasteiger partial charge >= 0.3 is 5.97 Å². The number of aliphatic carboxylic acids is 1. The number of hydrogen-bond acceptors (Lipinski definition) is 3. The van der Waals surface area contributed by atoms with Gasteiger partial charge in [0.2, 0.25) is 0 Å². The molecule has 4 heteroatoms.